The number of hydrogen-bond acceptors (Lipinski definition) is 4. The summed E-state index contributed by atoms with van der Waals surface area (Å²) in [6.07, 6.45) is 0. The molecule has 1 aromatic heterocycles. The van der Waals surface area contributed by atoms with Gasteiger partial charge in [-0.05, 0) is 37.5 Å². The highest BCUT2D eigenvalue weighted by Crippen LogP contribution is 2.14. The van der Waals surface area contributed by atoms with Crippen molar-refractivity contribution < 1.29 is 9.26 Å². The number of rotatable bonds is 8. The summed E-state index contributed by atoms with van der Waals surface area (Å²) in [6.45, 7) is 10.7. The van der Waals surface area contributed by atoms with E-state index >= 15 is 0 Å². The first kappa shape index (κ1) is 18.8. The molecular weight excluding hydrogens is 316 g/mol. The molecular formula is C19H28N4O2. The first-order valence-corrected chi connectivity index (χ1v) is 8.75. The molecule has 0 aliphatic rings. The molecule has 0 saturated heterocycles. The molecule has 2 N–H and O–H groups in total. The summed E-state index contributed by atoms with van der Waals surface area (Å²) >= 11 is 0. The summed E-state index contributed by atoms with van der Waals surface area (Å²) in [6, 6.07) is 9.98. The molecule has 0 unspecified atom stereocenters. The molecule has 0 spiro atoms. The van der Waals surface area contributed by atoms with Crippen molar-refractivity contribution in [1.82, 2.24) is 15.8 Å². The number of nitrogens with one attached hydrogen (secondary N) is 2. The molecule has 136 valence electrons. The zero-order valence-corrected chi connectivity index (χ0v) is 15.5. The van der Waals surface area contributed by atoms with Crippen LogP contribution in [0, 0.1) is 6.92 Å². The highest BCUT2D eigenvalue weighted by molar-refractivity contribution is 5.79. The van der Waals surface area contributed by atoms with Crippen molar-refractivity contribution >= 4 is 5.96 Å². The number of aliphatic imine (C=N–C) groups is 1. The third kappa shape index (κ3) is 6.49. The predicted octanol–water partition coefficient (Wildman–Crippen LogP) is 3.24. The number of aryl methyl sites for hydroxylation is 1. The van der Waals surface area contributed by atoms with Crippen LogP contribution in [-0.4, -0.2) is 30.8 Å². The van der Waals surface area contributed by atoms with E-state index in [0.29, 0.717) is 25.6 Å². The second kappa shape index (κ2) is 9.71. The van der Waals surface area contributed by atoms with Crippen LogP contribution >= 0.6 is 0 Å². The lowest BCUT2D eigenvalue weighted by Gasteiger charge is -2.12. The lowest BCUT2D eigenvalue weighted by molar-refractivity contribution is 0.321. The lowest BCUT2D eigenvalue weighted by atomic mass is 10.1. The fourth-order valence-corrected chi connectivity index (χ4v) is 2.22. The van der Waals surface area contributed by atoms with E-state index in [1.165, 1.54) is 5.56 Å². The molecule has 0 fully saturated rings. The fraction of sp³-hybridized carbons (Fsp3) is 0.474. The van der Waals surface area contributed by atoms with Crippen molar-refractivity contribution in [3.63, 3.8) is 0 Å². The maximum absolute atomic E-state index is 5.73. The Balaban J connectivity index is 1.80. The molecule has 0 aliphatic heterocycles. The van der Waals surface area contributed by atoms with Crippen LogP contribution in [0.25, 0.3) is 0 Å². The third-order valence-corrected chi connectivity index (χ3v) is 3.56. The Hall–Kier alpha value is -2.50. The molecule has 0 saturated carbocycles. The largest absolute Gasteiger partial charge is 0.492 e. The Morgan fingerprint density at radius 2 is 2.12 bits per heavy atom. The molecule has 1 aromatic carbocycles. The Bertz CT molecular complexity index is 680. The van der Waals surface area contributed by atoms with Gasteiger partial charge in [-0.3, -0.25) is 0 Å². The molecule has 0 radical (unpaired) electrons. The van der Waals surface area contributed by atoms with Crippen LogP contribution in [0.2, 0.25) is 0 Å². The highest BCUT2D eigenvalue weighted by atomic mass is 16.5. The fourth-order valence-electron chi connectivity index (χ4n) is 2.22. The van der Waals surface area contributed by atoms with Gasteiger partial charge in [-0.15, -0.1) is 0 Å². The van der Waals surface area contributed by atoms with Gasteiger partial charge in [0.05, 0.1) is 12.2 Å². The lowest BCUT2D eigenvalue weighted by Crippen LogP contribution is -2.39. The summed E-state index contributed by atoms with van der Waals surface area (Å²) in [5.41, 5.74) is 2.14. The van der Waals surface area contributed by atoms with Gasteiger partial charge in [0.25, 0.3) is 0 Å². The van der Waals surface area contributed by atoms with Gasteiger partial charge in [0.1, 0.15) is 18.9 Å². The number of ether oxygens (including phenoxy) is 1. The van der Waals surface area contributed by atoms with Crippen molar-refractivity contribution in [3.05, 3.63) is 47.3 Å². The van der Waals surface area contributed by atoms with Gasteiger partial charge >= 0.3 is 0 Å². The van der Waals surface area contributed by atoms with Crippen molar-refractivity contribution in [2.24, 2.45) is 4.99 Å². The van der Waals surface area contributed by atoms with Crippen LogP contribution in [-0.2, 0) is 6.54 Å². The molecule has 0 atom stereocenters. The number of nitrogens with zero attached hydrogens (tertiary/aromatic N) is 2. The van der Waals surface area contributed by atoms with Crippen LogP contribution in [0.4, 0.5) is 0 Å². The number of benzene rings is 1. The van der Waals surface area contributed by atoms with Crippen LogP contribution in [0.1, 0.15) is 43.7 Å². The first-order valence-electron chi connectivity index (χ1n) is 8.75. The van der Waals surface area contributed by atoms with E-state index in [2.05, 4.69) is 47.6 Å². The Kier molecular flexibility index (Phi) is 7.32. The zero-order chi connectivity index (χ0) is 18.1. The Morgan fingerprint density at radius 1 is 1.28 bits per heavy atom. The number of hydrogen-bond donors (Lipinski definition) is 2. The normalized spacial score (nSPS) is 11.6. The number of aromatic nitrogens is 1. The van der Waals surface area contributed by atoms with Crippen molar-refractivity contribution in [2.75, 3.05) is 19.7 Å². The minimum atomic E-state index is 0.353. The van der Waals surface area contributed by atoms with Gasteiger partial charge in [-0.25, -0.2) is 4.99 Å². The van der Waals surface area contributed by atoms with Gasteiger partial charge in [0.2, 0.25) is 0 Å². The smallest absolute Gasteiger partial charge is 0.191 e. The van der Waals surface area contributed by atoms with E-state index in [1.807, 2.05) is 31.2 Å². The topological polar surface area (TPSA) is 71.7 Å². The van der Waals surface area contributed by atoms with Gasteiger partial charge in [-0.2, -0.15) is 0 Å². The van der Waals surface area contributed by atoms with E-state index in [0.717, 1.165) is 29.7 Å². The SMILES string of the molecule is CCNC(=NCc1cc(C(C)C)no1)NCCOc1cccc(C)c1. The summed E-state index contributed by atoms with van der Waals surface area (Å²) < 4.78 is 11.0. The zero-order valence-electron chi connectivity index (χ0n) is 15.5. The average Bonchev–Trinajstić information content (AvgIpc) is 3.06. The predicted molar refractivity (Wildman–Crippen MR) is 100 cm³/mol. The quantitative estimate of drug-likeness (QED) is 0.437. The van der Waals surface area contributed by atoms with E-state index in [1.54, 1.807) is 0 Å². The molecule has 0 aliphatic carbocycles. The minimum Gasteiger partial charge on any atom is -0.492 e. The van der Waals surface area contributed by atoms with E-state index < -0.39 is 0 Å². The van der Waals surface area contributed by atoms with Crippen molar-refractivity contribution in [1.29, 1.82) is 0 Å². The highest BCUT2D eigenvalue weighted by Gasteiger charge is 2.07. The van der Waals surface area contributed by atoms with Crippen LogP contribution in [0.5, 0.6) is 5.75 Å². The van der Waals surface area contributed by atoms with Crippen LogP contribution in [0.3, 0.4) is 0 Å². The maximum Gasteiger partial charge on any atom is 0.191 e. The maximum atomic E-state index is 5.73. The number of guanidine groups is 1. The monoisotopic (exact) mass is 344 g/mol. The molecule has 0 bridgehead atoms. The molecule has 25 heavy (non-hydrogen) atoms. The standard InChI is InChI=1S/C19H28N4O2/c1-5-20-19(22-13-17-12-18(14(2)3)23-25-17)21-9-10-24-16-8-6-7-15(4)11-16/h6-8,11-12,14H,5,9-10,13H2,1-4H3,(H2,20,21,22). The first-order chi connectivity index (χ1) is 12.1. The molecule has 1 heterocycles. The van der Waals surface area contributed by atoms with Gasteiger partial charge in [0, 0.05) is 12.6 Å². The average molecular weight is 344 g/mol. The molecule has 0 amide bonds. The molecule has 2 rings (SSSR count). The van der Waals surface area contributed by atoms with Crippen molar-refractivity contribution in [2.45, 2.75) is 40.2 Å². The molecule has 2 aromatic rings. The van der Waals surface area contributed by atoms with Gasteiger partial charge in [0.15, 0.2) is 11.7 Å². The van der Waals surface area contributed by atoms with Crippen LogP contribution in [0.15, 0.2) is 39.8 Å². The Labute approximate surface area is 149 Å². The van der Waals surface area contributed by atoms with Crippen molar-refractivity contribution in [3.8, 4) is 5.75 Å². The summed E-state index contributed by atoms with van der Waals surface area (Å²) in [7, 11) is 0. The molecule has 6 heteroatoms. The summed E-state index contributed by atoms with van der Waals surface area (Å²) in [5, 5.41) is 10.5. The van der Waals surface area contributed by atoms with E-state index in [9.17, 15) is 0 Å². The van der Waals surface area contributed by atoms with E-state index in [4.69, 9.17) is 9.26 Å². The summed E-state index contributed by atoms with van der Waals surface area (Å²) in [5.74, 6) is 2.73. The van der Waals surface area contributed by atoms with Gasteiger partial charge < -0.3 is 19.9 Å². The minimum absolute atomic E-state index is 0.353. The molecule has 6 nitrogen and oxygen atoms in total. The van der Waals surface area contributed by atoms with Gasteiger partial charge in [-0.1, -0.05) is 31.1 Å². The third-order valence-electron chi connectivity index (χ3n) is 3.56. The Morgan fingerprint density at radius 3 is 2.80 bits per heavy atom. The van der Waals surface area contributed by atoms with Crippen LogP contribution < -0.4 is 15.4 Å². The second-order valence-corrected chi connectivity index (χ2v) is 6.16. The van der Waals surface area contributed by atoms with E-state index in [-0.39, 0.29) is 0 Å². The summed E-state index contributed by atoms with van der Waals surface area (Å²) in [4.78, 5) is 4.52. The second-order valence-electron chi connectivity index (χ2n) is 6.16.